The number of carbonyl (C=O) groups excluding carboxylic acids is 2. The van der Waals surface area contributed by atoms with Gasteiger partial charge in [-0.15, -0.1) is 0 Å². The monoisotopic (exact) mass is 433 g/mol. The molecular weight excluding hydrogens is 415 g/mol. The van der Waals surface area contributed by atoms with Crippen LogP contribution in [0.15, 0.2) is 53.3 Å². The Hall–Kier alpha value is -3.69. The number of anilines is 1. The first-order chi connectivity index (χ1) is 14.6. The predicted molar refractivity (Wildman–Crippen MR) is 106 cm³/mol. The third-order valence-corrected chi connectivity index (χ3v) is 4.48. The number of nitrogens with one attached hydrogen (secondary N) is 1. The number of carbonyl (C=O) groups is 2. The second kappa shape index (κ2) is 8.58. The molecule has 0 fully saturated rings. The largest absolute Gasteiger partial charge is 0.452 e. The fourth-order valence-corrected chi connectivity index (χ4v) is 2.95. The molecule has 2 aromatic carbocycles. The van der Waals surface area contributed by atoms with Crippen LogP contribution >= 0.6 is 0 Å². The number of benzene rings is 2. The molecule has 3 rings (SSSR count). The molecule has 0 aliphatic carbocycles. The van der Waals surface area contributed by atoms with Gasteiger partial charge >= 0.3 is 12.1 Å². The van der Waals surface area contributed by atoms with E-state index in [1.807, 2.05) is 0 Å². The SMILES string of the molecule is CC(OC(=O)Cc1nn(C)c(=O)c2ccccc12)C(=O)Nc1cccc(C(F)(F)F)c1. The lowest BCUT2D eigenvalue weighted by Crippen LogP contribution is -2.31. The van der Waals surface area contributed by atoms with E-state index in [2.05, 4.69) is 10.4 Å². The van der Waals surface area contributed by atoms with Gasteiger partial charge in [-0.05, 0) is 31.2 Å². The average molecular weight is 433 g/mol. The number of aryl methyl sites for hydroxylation is 1. The van der Waals surface area contributed by atoms with E-state index in [0.29, 0.717) is 16.5 Å². The lowest BCUT2D eigenvalue weighted by atomic mass is 10.1. The van der Waals surface area contributed by atoms with Crippen LogP contribution in [0.4, 0.5) is 18.9 Å². The van der Waals surface area contributed by atoms with Gasteiger partial charge in [0.1, 0.15) is 0 Å². The van der Waals surface area contributed by atoms with Crippen molar-refractivity contribution >= 4 is 28.3 Å². The molecule has 1 aromatic heterocycles. The van der Waals surface area contributed by atoms with Crippen LogP contribution in [0.2, 0.25) is 0 Å². The van der Waals surface area contributed by atoms with Gasteiger partial charge in [-0.3, -0.25) is 14.4 Å². The number of nitrogens with zero attached hydrogens (tertiary/aromatic N) is 2. The number of amides is 1. The molecule has 1 heterocycles. The molecule has 1 atom stereocenters. The molecule has 0 saturated carbocycles. The van der Waals surface area contributed by atoms with Crippen LogP contribution < -0.4 is 10.9 Å². The molecule has 0 radical (unpaired) electrons. The van der Waals surface area contributed by atoms with Crippen molar-refractivity contribution in [2.45, 2.75) is 25.6 Å². The molecule has 0 aliphatic heterocycles. The summed E-state index contributed by atoms with van der Waals surface area (Å²) in [4.78, 5) is 36.7. The van der Waals surface area contributed by atoms with E-state index in [1.54, 1.807) is 24.3 Å². The first kappa shape index (κ1) is 22.0. The summed E-state index contributed by atoms with van der Waals surface area (Å²) in [5.74, 6) is -1.56. The number of halogens is 3. The molecule has 31 heavy (non-hydrogen) atoms. The molecule has 1 N–H and O–H groups in total. The van der Waals surface area contributed by atoms with Gasteiger partial charge in [0.25, 0.3) is 11.5 Å². The van der Waals surface area contributed by atoms with E-state index >= 15 is 0 Å². The molecule has 0 saturated heterocycles. The topological polar surface area (TPSA) is 90.3 Å². The highest BCUT2D eigenvalue weighted by Crippen LogP contribution is 2.30. The maximum atomic E-state index is 12.8. The van der Waals surface area contributed by atoms with Crippen LogP contribution in [-0.2, 0) is 34.0 Å². The smallest absolute Gasteiger partial charge is 0.416 e. The van der Waals surface area contributed by atoms with Crippen molar-refractivity contribution in [1.29, 1.82) is 0 Å². The van der Waals surface area contributed by atoms with Crippen LogP contribution in [0.5, 0.6) is 0 Å². The predicted octanol–water partition coefficient (Wildman–Crippen LogP) is 3.07. The van der Waals surface area contributed by atoms with Crippen molar-refractivity contribution < 1.29 is 27.5 Å². The van der Waals surface area contributed by atoms with Crippen LogP contribution in [-0.4, -0.2) is 27.8 Å². The highest BCUT2D eigenvalue weighted by molar-refractivity contribution is 5.95. The lowest BCUT2D eigenvalue weighted by Gasteiger charge is -2.15. The Balaban J connectivity index is 1.69. The zero-order chi connectivity index (χ0) is 22.8. The van der Waals surface area contributed by atoms with Gasteiger partial charge in [-0.2, -0.15) is 18.3 Å². The molecule has 1 unspecified atom stereocenters. The number of esters is 1. The average Bonchev–Trinajstić information content (AvgIpc) is 2.71. The lowest BCUT2D eigenvalue weighted by molar-refractivity contribution is -0.152. The third kappa shape index (κ3) is 5.08. The Morgan fingerprint density at radius 2 is 1.81 bits per heavy atom. The minimum atomic E-state index is -4.55. The number of rotatable bonds is 5. The summed E-state index contributed by atoms with van der Waals surface area (Å²) in [6.07, 6.45) is -6.11. The highest BCUT2D eigenvalue weighted by atomic mass is 19.4. The number of ether oxygens (including phenoxy) is 1. The van der Waals surface area contributed by atoms with Gasteiger partial charge in [0.05, 0.1) is 23.1 Å². The Bertz CT molecular complexity index is 1200. The molecule has 7 nitrogen and oxygen atoms in total. The fourth-order valence-electron chi connectivity index (χ4n) is 2.95. The minimum absolute atomic E-state index is 0.0755. The fraction of sp³-hybridized carbons (Fsp3) is 0.238. The van der Waals surface area contributed by atoms with E-state index in [4.69, 9.17) is 4.74 Å². The standard InChI is InChI=1S/C21H18F3N3O4/c1-12(19(29)25-14-7-5-6-13(10-14)21(22,23)24)31-18(28)11-17-15-8-3-4-9-16(15)20(30)27(2)26-17/h3-10,12H,11H2,1-2H3,(H,25,29). The van der Waals surface area contributed by atoms with E-state index in [0.717, 1.165) is 22.9 Å². The van der Waals surface area contributed by atoms with Crippen molar-refractivity contribution in [1.82, 2.24) is 9.78 Å². The first-order valence-corrected chi connectivity index (χ1v) is 9.19. The normalized spacial score (nSPS) is 12.4. The van der Waals surface area contributed by atoms with Gasteiger partial charge in [0, 0.05) is 18.1 Å². The number of fused-ring (bicyclic) bond motifs is 1. The number of alkyl halides is 3. The van der Waals surface area contributed by atoms with E-state index in [9.17, 15) is 27.6 Å². The van der Waals surface area contributed by atoms with Crippen molar-refractivity contribution in [2.75, 3.05) is 5.32 Å². The first-order valence-electron chi connectivity index (χ1n) is 9.19. The quantitative estimate of drug-likeness (QED) is 0.625. The molecule has 0 aliphatic rings. The number of aromatic nitrogens is 2. The highest BCUT2D eigenvalue weighted by Gasteiger charge is 2.30. The summed E-state index contributed by atoms with van der Waals surface area (Å²) in [5, 5.41) is 7.26. The summed E-state index contributed by atoms with van der Waals surface area (Å²) in [6.45, 7) is 1.30. The Kier molecular flexibility index (Phi) is 6.09. The summed E-state index contributed by atoms with van der Waals surface area (Å²) < 4.78 is 44.6. The Labute approximate surface area is 174 Å². The molecule has 3 aromatic rings. The Morgan fingerprint density at radius 3 is 2.48 bits per heavy atom. The molecule has 0 bridgehead atoms. The van der Waals surface area contributed by atoms with E-state index in [-0.39, 0.29) is 17.7 Å². The molecule has 0 spiro atoms. The molecule has 162 valence electrons. The zero-order valence-electron chi connectivity index (χ0n) is 16.6. The van der Waals surface area contributed by atoms with Crippen molar-refractivity contribution in [3.05, 3.63) is 70.1 Å². The van der Waals surface area contributed by atoms with Gasteiger partial charge in [0.2, 0.25) is 0 Å². The maximum Gasteiger partial charge on any atom is 0.416 e. The van der Waals surface area contributed by atoms with Crippen LogP contribution in [0.3, 0.4) is 0 Å². The summed E-state index contributed by atoms with van der Waals surface area (Å²) in [5.41, 5.74) is -1.01. The third-order valence-electron chi connectivity index (χ3n) is 4.48. The minimum Gasteiger partial charge on any atom is -0.452 e. The van der Waals surface area contributed by atoms with Crippen molar-refractivity contribution in [3.63, 3.8) is 0 Å². The number of hydrogen-bond donors (Lipinski definition) is 1. The molecule has 1 amide bonds. The Morgan fingerprint density at radius 1 is 1.13 bits per heavy atom. The van der Waals surface area contributed by atoms with Gasteiger partial charge in [0.15, 0.2) is 6.10 Å². The van der Waals surface area contributed by atoms with Gasteiger partial charge < -0.3 is 10.1 Å². The number of hydrogen-bond acceptors (Lipinski definition) is 5. The second-order valence-corrected chi connectivity index (χ2v) is 6.80. The second-order valence-electron chi connectivity index (χ2n) is 6.80. The van der Waals surface area contributed by atoms with E-state index in [1.165, 1.54) is 20.0 Å². The van der Waals surface area contributed by atoms with Crippen LogP contribution in [0.25, 0.3) is 10.8 Å². The van der Waals surface area contributed by atoms with Crippen molar-refractivity contribution in [2.24, 2.45) is 7.05 Å². The van der Waals surface area contributed by atoms with Gasteiger partial charge in [-0.25, -0.2) is 4.68 Å². The molecule has 10 heteroatoms. The maximum absolute atomic E-state index is 12.8. The molecular formula is C21H18F3N3O4. The summed E-state index contributed by atoms with van der Waals surface area (Å²) in [6, 6.07) is 10.8. The van der Waals surface area contributed by atoms with Gasteiger partial charge in [-0.1, -0.05) is 24.3 Å². The van der Waals surface area contributed by atoms with Crippen LogP contribution in [0, 0.1) is 0 Å². The van der Waals surface area contributed by atoms with E-state index < -0.39 is 29.7 Å². The summed E-state index contributed by atoms with van der Waals surface area (Å²) >= 11 is 0. The summed E-state index contributed by atoms with van der Waals surface area (Å²) in [7, 11) is 1.45. The zero-order valence-corrected chi connectivity index (χ0v) is 16.6. The van der Waals surface area contributed by atoms with Crippen molar-refractivity contribution in [3.8, 4) is 0 Å². The van der Waals surface area contributed by atoms with Crippen LogP contribution in [0.1, 0.15) is 18.2 Å².